The van der Waals surface area contributed by atoms with E-state index < -0.39 is 5.97 Å². The minimum Gasteiger partial charge on any atom is -0.489 e. The van der Waals surface area contributed by atoms with Crippen molar-refractivity contribution in [2.24, 2.45) is 5.92 Å². The van der Waals surface area contributed by atoms with Gasteiger partial charge in [0, 0.05) is 0 Å². The molecule has 0 aliphatic heterocycles. The zero-order chi connectivity index (χ0) is 16.1. The van der Waals surface area contributed by atoms with Crippen LogP contribution in [0.1, 0.15) is 35.3 Å². The number of carboxylic acids is 1. The van der Waals surface area contributed by atoms with Gasteiger partial charge in [0.05, 0.1) is 5.56 Å². The zero-order valence-corrected chi connectivity index (χ0v) is 12.7. The van der Waals surface area contributed by atoms with Gasteiger partial charge in [-0.15, -0.1) is 0 Å². The van der Waals surface area contributed by atoms with Crippen molar-refractivity contribution in [3.8, 4) is 5.75 Å². The number of benzene rings is 2. The van der Waals surface area contributed by atoms with Crippen LogP contribution in [-0.2, 0) is 13.0 Å². The first kappa shape index (κ1) is 16.0. The summed E-state index contributed by atoms with van der Waals surface area (Å²) in [6.07, 6.45) is 0.736. The number of ether oxygens (including phenoxy) is 1. The predicted octanol–water partition coefficient (Wildman–Crippen LogP) is 4.30. The summed E-state index contributed by atoms with van der Waals surface area (Å²) in [5.74, 6) is -0.176. The first-order valence-corrected chi connectivity index (χ1v) is 7.19. The van der Waals surface area contributed by atoms with Crippen molar-refractivity contribution in [1.82, 2.24) is 0 Å². The Kier molecular flexibility index (Phi) is 5.15. The maximum Gasteiger partial charge on any atom is 0.335 e. The number of halogens is 1. The van der Waals surface area contributed by atoms with E-state index in [0.717, 1.165) is 17.5 Å². The van der Waals surface area contributed by atoms with Crippen LogP contribution in [0.3, 0.4) is 0 Å². The summed E-state index contributed by atoms with van der Waals surface area (Å²) in [7, 11) is 0. The lowest BCUT2D eigenvalue weighted by atomic mass is 10.00. The fourth-order valence-corrected chi connectivity index (χ4v) is 2.19. The number of carboxylic acid groups (broad SMARTS) is 1. The Labute approximate surface area is 129 Å². The molecule has 116 valence electrons. The molecule has 0 saturated carbocycles. The highest BCUT2D eigenvalue weighted by Crippen LogP contribution is 2.24. The molecule has 2 aromatic carbocycles. The second-order valence-electron chi connectivity index (χ2n) is 5.64. The molecular weight excluding hydrogens is 283 g/mol. The molecule has 2 aromatic rings. The molecule has 0 atom stereocenters. The molecule has 0 saturated heterocycles. The number of aromatic carboxylic acids is 1. The molecule has 0 fully saturated rings. The normalized spacial score (nSPS) is 10.7. The van der Waals surface area contributed by atoms with Gasteiger partial charge in [0.1, 0.15) is 18.2 Å². The van der Waals surface area contributed by atoms with E-state index in [4.69, 9.17) is 9.84 Å². The number of rotatable bonds is 6. The van der Waals surface area contributed by atoms with E-state index >= 15 is 0 Å². The lowest BCUT2D eigenvalue weighted by Gasteiger charge is -2.14. The number of carbonyl (C=O) groups is 1. The molecule has 0 aliphatic rings. The van der Waals surface area contributed by atoms with Crippen molar-refractivity contribution in [1.29, 1.82) is 0 Å². The third-order valence-corrected chi connectivity index (χ3v) is 3.24. The molecule has 2 rings (SSSR count). The molecule has 0 bridgehead atoms. The SMILES string of the molecule is CC(C)Cc1cc(C(=O)O)ccc1OCc1ccc(F)cc1. The lowest BCUT2D eigenvalue weighted by Crippen LogP contribution is -2.04. The molecule has 4 heteroatoms. The Bertz CT molecular complexity index is 648. The van der Waals surface area contributed by atoms with Crippen LogP contribution < -0.4 is 4.74 Å². The monoisotopic (exact) mass is 302 g/mol. The Morgan fingerprint density at radius 3 is 2.45 bits per heavy atom. The summed E-state index contributed by atoms with van der Waals surface area (Å²) in [6.45, 7) is 4.45. The van der Waals surface area contributed by atoms with Crippen molar-refractivity contribution in [3.63, 3.8) is 0 Å². The fourth-order valence-electron chi connectivity index (χ4n) is 2.19. The van der Waals surface area contributed by atoms with Crippen LogP contribution in [0.25, 0.3) is 0 Å². The smallest absolute Gasteiger partial charge is 0.335 e. The third kappa shape index (κ3) is 4.32. The van der Waals surface area contributed by atoms with Gasteiger partial charge in [-0.05, 0) is 53.8 Å². The average Bonchev–Trinajstić information content (AvgIpc) is 2.47. The van der Waals surface area contributed by atoms with Crippen LogP contribution in [0, 0.1) is 11.7 Å². The Hall–Kier alpha value is -2.36. The standard InChI is InChI=1S/C18H19FO3/c1-12(2)9-15-10-14(18(20)21)5-8-17(15)22-11-13-3-6-16(19)7-4-13/h3-8,10,12H,9,11H2,1-2H3,(H,20,21). The maximum atomic E-state index is 12.9. The highest BCUT2D eigenvalue weighted by molar-refractivity contribution is 5.88. The summed E-state index contributed by atoms with van der Waals surface area (Å²) < 4.78 is 18.7. The van der Waals surface area contributed by atoms with Crippen LogP contribution in [-0.4, -0.2) is 11.1 Å². The molecular formula is C18H19FO3. The Morgan fingerprint density at radius 1 is 1.18 bits per heavy atom. The van der Waals surface area contributed by atoms with Gasteiger partial charge in [0.25, 0.3) is 0 Å². The van der Waals surface area contributed by atoms with Gasteiger partial charge in [0.2, 0.25) is 0 Å². The van der Waals surface area contributed by atoms with E-state index in [-0.39, 0.29) is 11.4 Å². The predicted molar refractivity (Wildman–Crippen MR) is 82.7 cm³/mol. The van der Waals surface area contributed by atoms with Crippen molar-refractivity contribution in [3.05, 3.63) is 65.0 Å². The summed E-state index contributed by atoms with van der Waals surface area (Å²) in [5, 5.41) is 9.09. The minimum atomic E-state index is -0.949. The minimum absolute atomic E-state index is 0.254. The fraction of sp³-hybridized carbons (Fsp3) is 0.278. The topological polar surface area (TPSA) is 46.5 Å². The summed E-state index contributed by atoms with van der Waals surface area (Å²) in [6, 6.07) is 11.0. The van der Waals surface area contributed by atoms with Crippen LogP contribution in [0.2, 0.25) is 0 Å². The van der Waals surface area contributed by atoms with E-state index in [1.165, 1.54) is 18.2 Å². The maximum absolute atomic E-state index is 12.9. The van der Waals surface area contributed by atoms with E-state index in [1.807, 2.05) is 0 Å². The molecule has 0 amide bonds. The summed E-state index contributed by atoms with van der Waals surface area (Å²) >= 11 is 0. The second kappa shape index (κ2) is 7.07. The van der Waals surface area contributed by atoms with Crippen LogP contribution in [0.4, 0.5) is 4.39 Å². The van der Waals surface area contributed by atoms with Crippen molar-refractivity contribution in [2.45, 2.75) is 26.9 Å². The van der Waals surface area contributed by atoms with Crippen LogP contribution >= 0.6 is 0 Å². The van der Waals surface area contributed by atoms with Gasteiger partial charge in [-0.2, -0.15) is 0 Å². The van der Waals surface area contributed by atoms with Gasteiger partial charge in [-0.1, -0.05) is 26.0 Å². The van der Waals surface area contributed by atoms with Crippen molar-refractivity contribution in [2.75, 3.05) is 0 Å². The van der Waals surface area contributed by atoms with Gasteiger partial charge < -0.3 is 9.84 Å². The lowest BCUT2D eigenvalue weighted by molar-refractivity contribution is 0.0696. The van der Waals surface area contributed by atoms with Gasteiger partial charge in [-0.25, -0.2) is 9.18 Å². The first-order valence-electron chi connectivity index (χ1n) is 7.19. The molecule has 22 heavy (non-hydrogen) atoms. The van der Waals surface area contributed by atoms with Gasteiger partial charge in [-0.3, -0.25) is 0 Å². The third-order valence-electron chi connectivity index (χ3n) is 3.24. The zero-order valence-electron chi connectivity index (χ0n) is 12.7. The molecule has 3 nitrogen and oxygen atoms in total. The van der Waals surface area contributed by atoms with E-state index in [9.17, 15) is 9.18 Å². The van der Waals surface area contributed by atoms with Crippen molar-refractivity contribution >= 4 is 5.97 Å². The molecule has 0 unspecified atom stereocenters. The molecule has 0 aliphatic carbocycles. The summed E-state index contributed by atoms with van der Waals surface area (Å²) in [4.78, 5) is 11.1. The van der Waals surface area contributed by atoms with Crippen LogP contribution in [0.15, 0.2) is 42.5 Å². The molecule has 1 N–H and O–H groups in total. The average molecular weight is 302 g/mol. The Morgan fingerprint density at radius 2 is 1.86 bits per heavy atom. The Balaban J connectivity index is 2.17. The molecule has 0 spiro atoms. The van der Waals surface area contributed by atoms with E-state index in [0.29, 0.717) is 18.3 Å². The van der Waals surface area contributed by atoms with Crippen molar-refractivity contribution < 1.29 is 19.0 Å². The van der Waals surface area contributed by atoms with Crippen LogP contribution in [0.5, 0.6) is 5.75 Å². The highest BCUT2D eigenvalue weighted by atomic mass is 19.1. The van der Waals surface area contributed by atoms with E-state index in [2.05, 4.69) is 13.8 Å². The molecule has 0 aromatic heterocycles. The second-order valence-corrected chi connectivity index (χ2v) is 5.64. The molecule has 0 heterocycles. The van der Waals surface area contributed by atoms with Gasteiger partial charge >= 0.3 is 5.97 Å². The molecule has 0 radical (unpaired) electrons. The number of hydrogen-bond donors (Lipinski definition) is 1. The first-order chi connectivity index (χ1) is 10.5. The summed E-state index contributed by atoms with van der Waals surface area (Å²) in [5.41, 5.74) is 1.99. The quantitative estimate of drug-likeness (QED) is 0.865. The largest absolute Gasteiger partial charge is 0.489 e. The van der Waals surface area contributed by atoms with E-state index in [1.54, 1.807) is 24.3 Å². The number of hydrogen-bond acceptors (Lipinski definition) is 2. The highest BCUT2D eigenvalue weighted by Gasteiger charge is 2.11. The van der Waals surface area contributed by atoms with Gasteiger partial charge in [0.15, 0.2) is 0 Å².